The normalized spacial score (nSPS) is 13.8. The summed E-state index contributed by atoms with van der Waals surface area (Å²) in [7, 11) is 3.58. The summed E-state index contributed by atoms with van der Waals surface area (Å²) in [5.41, 5.74) is 4.72. The SMILES string of the molecule is C=C1C(I)=CC(c2ccccc2)=C(c2ncc(OC)cc2Cl)N1C.CC. The van der Waals surface area contributed by atoms with Gasteiger partial charge in [-0.05, 0) is 34.2 Å². The van der Waals surface area contributed by atoms with Gasteiger partial charge in [-0.2, -0.15) is 0 Å². The predicted molar refractivity (Wildman–Crippen MR) is 119 cm³/mol. The van der Waals surface area contributed by atoms with Crippen LogP contribution in [0.3, 0.4) is 0 Å². The molecular weight excluding hydrogens is 459 g/mol. The highest BCUT2D eigenvalue weighted by Gasteiger charge is 2.25. The zero-order chi connectivity index (χ0) is 19.3. The number of halogens is 2. The maximum absolute atomic E-state index is 6.49. The molecule has 0 atom stereocenters. The number of hydrogen-bond acceptors (Lipinski definition) is 3. The summed E-state index contributed by atoms with van der Waals surface area (Å²) in [4.78, 5) is 6.56. The van der Waals surface area contributed by atoms with Gasteiger partial charge in [0.1, 0.15) is 11.4 Å². The molecule has 3 nitrogen and oxygen atoms in total. The fraction of sp³-hybridized carbons (Fsp3) is 0.190. The molecule has 5 heteroatoms. The van der Waals surface area contributed by atoms with E-state index in [9.17, 15) is 0 Å². The summed E-state index contributed by atoms with van der Waals surface area (Å²) >= 11 is 8.79. The number of benzene rings is 1. The number of methoxy groups -OCH3 is 1. The van der Waals surface area contributed by atoms with E-state index in [0.29, 0.717) is 16.5 Å². The minimum Gasteiger partial charge on any atom is -0.495 e. The lowest BCUT2D eigenvalue weighted by atomic mass is 9.97. The van der Waals surface area contributed by atoms with E-state index in [1.165, 1.54) is 0 Å². The molecule has 1 aliphatic heterocycles. The highest BCUT2D eigenvalue weighted by Crippen LogP contribution is 2.41. The summed E-state index contributed by atoms with van der Waals surface area (Å²) in [6.45, 7) is 8.16. The van der Waals surface area contributed by atoms with E-state index in [-0.39, 0.29) is 0 Å². The zero-order valence-corrected chi connectivity index (χ0v) is 18.3. The van der Waals surface area contributed by atoms with Crippen molar-refractivity contribution in [1.82, 2.24) is 9.88 Å². The molecule has 0 aliphatic carbocycles. The number of rotatable bonds is 3. The first-order valence-corrected chi connectivity index (χ1v) is 9.78. The summed E-state index contributed by atoms with van der Waals surface area (Å²) in [5, 5.41) is 0.544. The molecule has 0 saturated carbocycles. The molecule has 3 rings (SSSR count). The Hall–Kier alpha value is -1.79. The number of likely N-dealkylation sites (N-methyl/N-ethyl adjacent to an activating group) is 1. The lowest BCUT2D eigenvalue weighted by Gasteiger charge is -2.31. The van der Waals surface area contributed by atoms with Crippen LogP contribution in [0.5, 0.6) is 5.75 Å². The van der Waals surface area contributed by atoms with Crippen LogP contribution in [0, 0.1) is 0 Å². The van der Waals surface area contributed by atoms with Gasteiger partial charge in [0.15, 0.2) is 0 Å². The van der Waals surface area contributed by atoms with Crippen LogP contribution in [0.4, 0.5) is 0 Å². The van der Waals surface area contributed by atoms with Crippen LogP contribution in [0.2, 0.25) is 5.02 Å². The fourth-order valence-electron chi connectivity index (χ4n) is 2.58. The van der Waals surface area contributed by atoms with Gasteiger partial charge in [0.05, 0.1) is 24.0 Å². The summed E-state index contributed by atoms with van der Waals surface area (Å²) in [6.07, 6.45) is 3.80. The van der Waals surface area contributed by atoms with Crippen molar-refractivity contribution in [1.29, 1.82) is 0 Å². The summed E-state index contributed by atoms with van der Waals surface area (Å²) < 4.78 is 6.29. The minimum atomic E-state index is 0.544. The van der Waals surface area contributed by atoms with Gasteiger partial charge < -0.3 is 9.64 Å². The van der Waals surface area contributed by atoms with Gasteiger partial charge in [0.25, 0.3) is 0 Å². The third-order valence-corrected chi connectivity index (χ3v) is 5.13. The molecule has 0 saturated heterocycles. The van der Waals surface area contributed by atoms with Gasteiger partial charge in [-0.1, -0.05) is 62.4 Å². The number of nitrogens with zero attached hydrogens (tertiary/aromatic N) is 2. The van der Waals surface area contributed by atoms with E-state index in [4.69, 9.17) is 16.3 Å². The van der Waals surface area contributed by atoms with Gasteiger partial charge in [-0.25, -0.2) is 4.98 Å². The van der Waals surface area contributed by atoms with Crippen LogP contribution in [0.1, 0.15) is 25.1 Å². The highest BCUT2D eigenvalue weighted by molar-refractivity contribution is 14.1. The molecule has 0 fully saturated rings. The molecule has 2 aromatic rings. The molecule has 0 N–H and O–H groups in total. The van der Waals surface area contributed by atoms with Gasteiger partial charge in [-0.3, -0.25) is 0 Å². The third-order valence-electron chi connectivity index (χ3n) is 3.90. The number of aromatic nitrogens is 1. The quantitative estimate of drug-likeness (QED) is 0.474. The van der Waals surface area contributed by atoms with E-state index in [1.807, 2.05) is 44.0 Å². The number of ether oxygens (including phenoxy) is 1. The summed E-state index contributed by atoms with van der Waals surface area (Å²) in [5.74, 6) is 0.632. The second-order valence-corrected chi connectivity index (χ2v) is 6.90. The zero-order valence-electron chi connectivity index (χ0n) is 15.4. The molecule has 0 radical (unpaired) electrons. The first kappa shape index (κ1) is 20.5. The molecule has 1 aliphatic rings. The Morgan fingerprint density at radius 1 is 1.19 bits per heavy atom. The largest absolute Gasteiger partial charge is 0.495 e. The third kappa shape index (κ3) is 4.13. The highest BCUT2D eigenvalue weighted by atomic mass is 127. The van der Waals surface area contributed by atoms with E-state index >= 15 is 0 Å². The van der Waals surface area contributed by atoms with Gasteiger partial charge in [0, 0.05) is 28.0 Å². The molecule has 26 heavy (non-hydrogen) atoms. The Labute approximate surface area is 174 Å². The Kier molecular flexibility index (Phi) is 7.29. The van der Waals surface area contributed by atoms with Crippen molar-refractivity contribution >= 4 is 45.5 Å². The van der Waals surface area contributed by atoms with Crippen LogP contribution in [0.25, 0.3) is 11.3 Å². The lowest BCUT2D eigenvalue weighted by molar-refractivity contribution is 0.412. The molecular formula is C21H22ClIN2O. The second-order valence-electron chi connectivity index (χ2n) is 5.33. The maximum atomic E-state index is 6.49. The molecule has 0 unspecified atom stereocenters. The monoisotopic (exact) mass is 480 g/mol. The van der Waals surface area contributed by atoms with Crippen LogP contribution in [-0.2, 0) is 0 Å². The fourth-order valence-corrected chi connectivity index (χ4v) is 3.50. The Balaban J connectivity index is 0.00000117. The smallest absolute Gasteiger partial charge is 0.138 e. The maximum Gasteiger partial charge on any atom is 0.138 e. The van der Waals surface area contributed by atoms with Crippen molar-refractivity contribution in [2.45, 2.75) is 13.8 Å². The topological polar surface area (TPSA) is 25.4 Å². The van der Waals surface area contributed by atoms with Crippen molar-refractivity contribution in [2.75, 3.05) is 14.2 Å². The van der Waals surface area contributed by atoms with Crippen molar-refractivity contribution in [3.05, 3.63) is 80.8 Å². The Bertz CT molecular complexity index is 860. The molecule has 0 spiro atoms. The van der Waals surface area contributed by atoms with Crippen molar-refractivity contribution in [3.63, 3.8) is 0 Å². The van der Waals surface area contributed by atoms with Gasteiger partial charge in [0.2, 0.25) is 0 Å². The van der Waals surface area contributed by atoms with E-state index in [2.05, 4.69) is 52.4 Å². The average Bonchev–Trinajstić information content (AvgIpc) is 2.68. The average molecular weight is 481 g/mol. The predicted octanol–water partition coefficient (Wildman–Crippen LogP) is 6.42. The lowest BCUT2D eigenvalue weighted by Crippen LogP contribution is -2.21. The van der Waals surface area contributed by atoms with Crippen LogP contribution >= 0.6 is 34.2 Å². The number of pyridine rings is 1. The first-order valence-electron chi connectivity index (χ1n) is 8.32. The number of allylic oxidation sites excluding steroid dienone is 3. The van der Waals surface area contributed by atoms with Crippen molar-refractivity contribution in [2.24, 2.45) is 0 Å². The molecule has 1 aromatic heterocycles. The molecule has 0 bridgehead atoms. The first-order chi connectivity index (χ1) is 12.5. The van der Waals surface area contributed by atoms with Gasteiger partial charge >= 0.3 is 0 Å². The van der Waals surface area contributed by atoms with Gasteiger partial charge in [-0.15, -0.1) is 0 Å². The Morgan fingerprint density at radius 2 is 1.85 bits per heavy atom. The van der Waals surface area contributed by atoms with E-state index in [0.717, 1.165) is 26.1 Å². The van der Waals surface area contributed by atoms with E-state index in [1.54, 1.807) is 19.4 Å². The van der Waals surface area contributed by atoms with Crippen LogP contribution < -0.4 is 4.74 Å². The number of hydrogen-bond donors (Lipinski definition) is 0. The second kappa shape index (κ2) is 9.24. The minimum absolute atomic E-state index is 0.544. The standard InChI is InChI=1S/C19H16ClIN2O.C2H6/c1-12-17(21)10-15(13-7-5-4-6-8-13)19(23(12)2)18-16(20)9-14(24-3)11-22-18;1-2/h4-11H,1H2,2-3H3;1-2H3. The summed E-state index contributed by atoms with van der Waals surface area (Å²) in [6, 6.07) is 12.0. The molecule has 2 heterocycles. The van der Waals surface area contributed by atoms with Crippen molar-refractivity contribution < 1.29 is 4.74 Å². The Morgan fingerprint density at radius 3 is 2.42 bits per heavy atom. The van der Waals surface area contributed by atoms with Crippen LogP contribution in [-0.4, -0.2) is 24.0 Å². The van der Waals surface area contributed by atoms with Crippen LogP contribution in [0.15, 0.2) is 64.5 Å². The molecule has 136 valence electrons. The molecule has 0 amide bonds. The van der Waals surface area contributed by atoms with E-state index < -0.39 is 0 Å². The van der Waals surface area contributed by atoms with Crippen molar-refractivity contribution in [3.8, 4) is 5.75 Å². The molecule has 1 aromatic carbocycles.